The van der Waals surface area contributed by atoms with Crippen LogP contribution < -0.4 is 5.56 Å². The Labute approximate surface area is 187 Å². The Bertz CT molecular complexity index is 1070. The van der Waals surface area contributed by atoms with Gasteiger partial charge in [-0.25, -0.2) is 0 Å². The van der Waals surface area contributed by atoms with E-state index in [9.17, 15) is 19.5 Å². The Kier molecular flexibility index (Phi) is 5.59. The standard InChI is InChI=1S/C25H29N3O4/c29-16-22(30)26-13-11-21-18(14-26)15-27(12-10-17-4-2-1-3-5-17)24(31)23(21)25(32)28-19-6-7-20(28)9-8-19/h1-5,15,19-20,29H,6-14,16H2. The molecule has 32 heavy (non-hydrogen) atoms. The van der Waals surface area contributed by atoms with Gasteiger partial charge in [-0.15, -0.1) is 0 Å². The maximum atomic E-state index is 13.7. The van der Waals surface area contributed by atoms with Crippen LogP contribution in [0.4, 0.5) is 0 Å². The summed E-state index contributed by atoms with van der Waals surface area (Å²) in [5.74, 6) is -0.463. The van der Waals surface area contributed by atoms with Crippen LogP contribution in [0.1, 0.15) is 52.7 Å². The van der Waals surface area contributed by atoms with Gasteiger partial charge in [0.05, 0.1) is 0 Å². The maximum absolute atomic E-state index is 13.7. The molecule has 0 aliphatic carbocycles. The summed E-state index contributed by atoms with van der Waals surface area (Å²) < 4.78 is 1.64. The first-order chi connectivity index (χ1) is 15.6. The molecule has 0 spiro atoms. The van der Waals surface area contributed by atoms with E-state index in [-0.39, 0.29) is 29.5 Å². The molecule has 1 N–H and O–H groups in total. The monoisotopic (exact) mass is 435 g/mol. The quantitative estimate of drug-likeness (QED) is 0.776. The van der Waals surface area contributed by atoms with Gasteiger partial charge in [0.1, 0.15) is 12.2 Å². The highest BCUT2D eigenvalue weighted by Crippen LogP contribution is 2.38. The van der Waals surface area contributed by atoms with Crippen LogP contribution in [0.5, 0.6) is 0 Å². The van der Waals surface area contributed by atoms with E-state index in [0.29, 0.717) is 38.0 Å². The molecule has 2 amide bonds. The van der Waals surface area contributed by atoms with Gasteiger partial charge in [-0.2, -0.15) is 0 Å². The molecule has 3 aliphatic rings. The Morgan fingerprint density at radius 3 is 2.38 bits per heavy atom. The summed E-state index contributed by atoms with van der Waals surface area (Å²) >= 11 is 0. The van der Waals surface area contributed by atoms with Crippen molar-refractivity contribution in [1.82, 2.24) is 14.4 Å². The molecule has 0 atom stereocenters. The number of benzene rings is 1. The van der Waals surface area contributed by atoms with E-state index < -0.39 is 6.61 Å². The first-order valence-electron chi connectivity index (χ1n) is 11.6. The smallest absolute Gasteiger partial charge is 0.263 e. The SMILES string of the molecule is O=C(CO)N1CCc2c(cn(CCc3ccccc3)c(=O)c2C(=O)N2C3CCC2CC3)C1. The Balaban J connectivity index is 1.53. The third-order valence-electron chi connectivity index (χ3n) is 7.34. The largest absolute Gasteiger partial charge is 0.387 e. The number of aryl methyl sites for hydroxylation is 2. The first-order valence-corrected chi connectivity index (χ1v) is 11.6. The minimum Gasteiger partial charge on any atom is -0.387 e. The first kappa shape index (κ1) is 20.9. The van der Waals surface area contributed by atoms with Crippen molar-refractivity contribution >= 4 is 11.8 Å². The van der Waals surface area contributed by atoms with Gasteiger partial charge in [-0.1, -0.05) is 30.3 Å². The molecule has 7 heteroatoms. The molecular weight excluding hydrogens is 406 g/mol. The van der Waals surface area contributed by atoms with Gasteiger partial charge in [0.2, 0.25) is 5.91 Å². The fourth-order valence-electron chi connectivity index (χ4n) is 5.68. The van der Waals surface area contributed by atoms with Gasteiger partial charge in [-0.05, 0) is 55.2 Å². The Morgan fingerprint density at radius 1 is 1.03 bits per heavy atom. The van der Waals surface area contributed by atoms with Crippen LogP contribution >= 0.6 is 0 Å². The summed E-state index contributed by atoms with van der Waals surface area (Å²) in [6, 6.07) is 10.5. The highest BCUT2D eigenvalue weighted by molar-refractivity contribution is 5.96. The third-order valence-corrected chi connectivity index (χ3v) is 7.34. The Morgan fingerprint density at radius 2 is 1.72 bits per heavy atom. The van der Waals surface area contributed by atoms with Crippen molar-refractivity contribution in [1.29, 1.82) is 0 Å². The Hall–Kier alpha value is -2.93. The summed E-state index contributed by atoms with van der Waals surface area (Å²) in [6.07, 6.45) is 7.03. The lowest BCUT2D eigenvalue weighted by Gasteiger charge is -2.31. The van der Waals surface area contributed by atoms with Crippen molar-refractivity contribution in [3.05, 3.63) is 69.1 Å². The number of nitrogens with zero attached hydrogens (tertiary/aromatic N) is 3. The van der Waals surface area contributed by atoms with E-state index in [2.05, 4.69) is 0 Å². The van der Waals surface area contributed by atoms with Crippen molar-refractivity contribution in [3.8, 4) is 0 Å². The number of aromatic nitrogens is 1. The highest BCUT2D eigenvalue weighted by atomic mass is 16.3. The summed E-state index contributed by atoms with van der Waals surface area (Å²) in [5.41, 5.74) is 2.81. The molecular formula is C25H29N3O4. The van der Waals surface area contributed by atoms with Crippen molar-refractivity contribution in [2.75, 3.05) is 13.2 Å². The van der Waals surface area contributed by atoms with E-state index in [0.717, 1.165) is 42.4 Å². The number of rotatable bonds is 5. The van der Waals surface area contributed by atoms with Crippen LogP contribution in [0.15, 0.2) is 41.3 Å². The van der Waals surface area contributed by atoms with Crippen LogP contribution in [-0.4, -0.2) is 56.5 Å². The predicted octanol–water partition coefficient (Wildman–Crippen LogP) is 1.73. The molecule has 0 saturated carbocycles. The van der Waals surface area contributed by atoms with Gasteiger partial charge in [-0.3, -0.25) is 14.4 Å². The van der Waals surface area contributed by atoms with E-state index in [1.807, 2.05) is 41.4 Å². The molecule has 0 radical (unpaired) electrons. The number of carbonyl (C=O) groups excluding carboxylic acids is 2. The number of aliphatic hydroxyl groups excluding tert-OH is 1. The van der Waals surface area contributed by atoms with Crippen molar-refractivity contribution in [2.24, 2.45) is 0 Å². The minimum atomic E-state index is -0.536. The zero-order valence-electron chi connectivity index (χ0n) is 18.2. The number of amides is 2. The zero-order valence-corrected chi connectivity index (χ0v) is 18.2. The summed E-state index contributed by atoms with van der Waals surface area (Å²) in [4.78, 5) is 42.9. The van der Waals surface area contributed by atoms with Crippen LogP contribution in [-0.2, 0) is 30.7 Å². The van der Waals surface area contributed by atoms with Gasteiger partial charge >= 0.3 is 0 Å². The van der Waals surface area contributed by atoms with Gasteiger partial charge in [0.25, 0.3) is 11.5 Å². The molecule has 7 nitrogen and oxygen atoms in total. The second-order valence-electron chi connectivity index (χ2n) is 9.14. The summed E-state index contributed by atoms with van der Waals surface area (Å²) in [7, 11) is 0. The van der Waals surface area contributed by atoms with Crippen LogP contribution in [0, 0.1) is 0 Å². The van der Waals surface area contributed by atoms with Crippen molar-refractivity contribution in [2.45, 2.75) is 63.7 Å². The van der Waals surface area contributed by atoms with E-state index in [1.165, 1.54) is 0 Å². The maximum Gasteiger partial charge on any atom is 0.263 e. The molecule has 4 heterocycles. The molecule has 2 aromatic rings. The third kappa shape index (κ3) is 3.64. The van der Waals surface area contributed by atoms with Gasteiger partial charge in [0.15, 0.2) is 0 Å². The molecule has 1 aromatic carbocycles. The lowest BCUT2D eigenvalue weighted by molar-refractivity contribution is -0.135. The fourth-order valence-corrected chi connectivity index (χ4v) is 5.68. The second kappa shape index (κ2) is 8.54. The van der Waals surface area contributed by atoms with Crippen LogP contribution in [0.3, 0.4) is 0 Å². The lowest BCUT2D eigenvalue weighted by Crippen LogP contribution is -2.44. The lowest BCUT2D eigenvalue weighted by atomic mass is 9.95. The molecule has 3 aliphatic heterocycles. The van der Waals surface area contributed by atoms with Gasteiger partial charge in [0, 0.05) is 37.9 Å². The highest BCUT2D eigenvalue weighted by Gasteiger charge is 2.44. The molecule has 168 valence electrons. The van der Waals surface area contributed by atoms with Crippen LogP contribution in [0.25, 0.3) is 0 Å². The van der Waals surface area contributed by atoms with E-state index >= 15 is 0 Å². The average Bonchev–Trinajstić information content (AvgIpc) is 3.43. The van der Waals surface area contributed by atoms with Crippen molar-refractivity contribution in [3.63, 3.8) is 0 Å². The number of fused-ring (bicyclic) bond motifs is 3. The van der Waals surface area contributed by atoms with E-state index in [4.69, 9.17) is 0 Å². The molecule has 2 bridgehead atoms. The second-order valence-corrected chi connectivity index (χ2v) is 9.14. The number of hydrogen-bond acceptors (Lipinski definition) is 4. The minimum absolute atomic E-state index is 0.132. The molecule has 2 saturated heterocycles. The number of pyridine rings is 1. The van der Waals surface area contributed by atoms with E-state index in [1.54, 1.807) is 9.47 Å². The fraction of sp³-hybridized carbons (Fsp3) is 0.480. The number of carbonyl (C=O) groups is 2. The normalized spacial score (nSPS) is 21.7. The van der Waals surface area contributed by atoms with Crippen LogP contribution in [0.2, 0.25) is 0 Å². The zero-order chi connectivity index (χ0) is 22.2. The predicted molar refractivity (Wildman–Crippen MR) is 119 cm³/mol. The summed E-state index contributed by atoms with van der Waals surface area (Å²) in [5, 5.41) is 9.29. The van der Waals surface area contributed by atoms with Gasteiger partial charge < -0.3 is 19.5 Å². The average molecular weight is 436 g/mol. The number of aliphatic hydroxyl groups is 1. The molecule has 5 rings (SSSR count). The molecule has 2 fully saturated rings. The van der Waals surface area contributed by atoms with Crippen molar-refractivity contribution < 1.29 is 14.7 Å². The topological polar surface area (TPSA) is 82.8 Å². The summed E-state index contributed by atoms with van der Waals surface area (Å²) in [6.45, 7) is 0.656. The molecule has 1 aromatic heterocycles. The molecule has 0 unspecified atom stereocenters. The number of hydrogen-bond donors (Lipinski definition) is 1.